The van der Waals surface area contributed by atoms with Crippen LogP contribution in [0.2, 0.25) is 0 Å². The van der Waals surface area contributed by atoms with Crippen molar-refractivity contribution in [3.63, 3.8) is 0 Å². The molecule has 0 radical (unpaired) electrons. The van der Waals surface area contributed by atoms with Crippen LogP contribution < -0.4 is 9.64 Å². The number of benzene rings is 8. The van der Waals surface area contributed by atoms with Crippen LogP contribution >= 0.6 is 0 Å². The average Bonchev–Trinajstić information content (AvgIpc) is 3.43. The lowest BCUT2D eigenvalue weighted by Crippen LogP contribution is -2.32. The van der Waals surface area contributed by atoms with Gasteiger partial charge < -0.3 is 9.64 Å². The Kier molecular flexibility index (Phi) is 5.53. The van der Waals surface area contributed by atoms with Crippen LogP contribution in [0.25, 0.3) is 32.7 Å². The van der Waals surface area contributed by atoms with Crippen LogP contribution in [0.4, 0.5) is 17.1 Å². The van der Waals surface area contributed by atoms with Gasteiger partial charge in [0.2, 0.25) is 0 Å². The standard InChI is InChI=1S/C45H29NO/c1-2-16-33(17-3-1)46(34-27-25-30-13-4-5-15-32(30)29-34)41-23-12-22-39-43(41)36-19-8-9-20-37(36)45(39)38-21-10-11-24-42(38)47-44-35-18-7-6-14-31(35)26-28-40(44)45/h1-29H. The molecular weight excluding hydrogens is 571 g/mol. The molecule has 0 amide bonds. The van der Waals surface area contributed by atoms with Gasteiger partial charge in [-0.1, -0.05) is 140 Å². The molecule has 1 spiro atoms. The molecule has 0 saturated heterocycles. The first-order valence-electron chi connectivity index (χ1n) is 16.2. The maximum absolute atomic E-state index is 6.85. The van der Waals surface area contributed by atoms with E-state index in [0.29, 0.717) is 0 Å². The summed E-state index contributed by atoms with van der Waals surface area (Å²) in [5.74, 6) is 1.84. The Morgan fingerprint density at radius 2 is 1.11 bits per heavy atom. The van der Waals surface area contributed by atoms with Crippen molar-refractivity contribution in [3.05, 3.63) is 198 Å². The lowest BCUT2D eigenvalue weighted by molar-refractivity contribution is 0.441. The minimum absolute atomic E-state index is 0.554. The molecule has 0 N–H and O–H groups in total. The van der Waals surface area contributed by atoms with Crippen molar-refractivity contribution in [1.82, 2.24) is 0 Å². The molecule has 8 aromatic carbocycles. The van der Waals surface area contributed by atoms with Crippen LogP contribution in [0.5, 0.6) is 11.5 Å². The first-order valence-corrected chi connectivity index (χ1v) is 16.2. The van der Waals surface area contributed by atoms with E-state index >= 15 is 0 Å². The normalized spacial score (nSPS) is 15.5. The summed E-state index contributed by atoms with van der Waals surface area (Å²) >= 11 is 0. The molecule has 0 bridgehead atoms. The summed E-state index contributed by atoms with van der Waals surface area (Å²) in [5.41, 5.74) is 10.2. The monoisotopic (exact) mass is 599 g/mol. The molecule has 2 heteroatoms. The van der Waals surface area contributed by atoms with Gasteiger partial charge in [-0.2, -0.15) is 0 Å². The molecular formula is C45H29NO. The van der Waals surface area contributed by atoms with E-state index in [2.05, 4.69) is 181 Å². The highest BCUT2D eigenvalue weighted by atomic mass is 16.5. The van der Waals surface area contributed by atoms with E-state index in [1.54, 1.807) is 0 Å². The van der Waals surface area contributed by atoms with E-state index in [9.17, 15) is 0 Å². The molecule has 220 valence electrons. The molecule has 0 saturated carbocycles. The Hall–Kier alpha value is -6.12. The number of rotatable bonds is 3. The van der Waals surface area contributed by atoms with Gasteiger partial charge >= 0.3 is 0 Å². The predicted molar refractivity (Wildman–Crippen MR) is 194 cm³/mol. The van der Waals surface area contributed by atoms with Crippen LogP contribution in [0, 0.1) is 0 Å². The van der Waals surface area contributed by atoms with Crippen LogP contribution in [0.3, 0.4) is 0 Å². The fraction of sp³-hybridized carbons (Fsp3) is 0.0222. The number of hydrogen-bond donors (Lipinski definition) is 0. The summed E-state index contributed by atoms with van der Waals surface area (Å²) in [7, 11) is 0. The summed E-state index contributed by atoms with van der Waals surface area (Å²) in [5, 5.41) is 4.75. The zero-order valence-corrected chi connectivity index (χ0v) is 25.6. The molecule has 1 atom stereocenters. The van der Waals surface area contributed by atoms with Gasteiger partial charge in [0.15, 0.2) is 0 Å². The van der Waals surface area contributed by atoms with Gasteiger partial charge in [0.1, 0.15) is 11.5 Å². The smallest absolute Gasteiger partial charge is 0.140 e. The SMILES string of the molecule is c1ccc(N(c2ccc3ccccc3c2)c2cccc3c2-c2ccccc2C32c3ccccc3Oc3c2ccc2ccccc32)cc1. The van der Waals surface area contributed by atoms with Crippen molar-refractivity contribution >= 4 is 38.6 Å². The zero-order valence-electron chi connectivity index (χ0n) is 25.6. The van der Waals surface area contributed by atoms with Crippen LogP contribution in [-0.2, 0) is 5.41 Å². The Balaban J connectivity index is 1.33. The Bertz CT molecular complexity index is 2520. The number of ether oxygens (including phenoxy) is 1. The number of hydrogen-bond acceptors (Lipinski definition) is 2. The maximum Gasteiger partial charge on any atom is 0.140 e. The second-order valence-corrected chi connectivity index (χ2v) is 12.5. The highest BCUT2D eigenvalue weighted by Gasteiger charge is 2.52. The quantitative estimate of drug-likeness (QED) is 0.200. The molecule has 1 unspecified atom stereocenters. The average molecular weight is 600 g/mol. The highest BCUT2D eigenvalue weighted by molar-refractivity contribution is 6.01. The van der Waals surface area contributed by atoms with Crippen molar-refractivity contribution in [2.45, 2.75) is 5.41 Å². The first-order chi connectivity index (χ1) is 23.3. The minimum atomic E-state index is -0.554. The molecule has 47 heavy (non-hydrogen) atoms. The minimum Gasteiger partial charge on any atom is -0.456 e. The van der Waals surface area contributed by atoms with E-state index in [1.165, 1.54) is 49.5 Å². The summed E-state index contributed by atoms with van der Waals surface area (Å²) in [4.78, 5) is 2.42. The topological polar surface area (TPSA) is 12.5 Å². The molecule has 1 heterocycles. The Morgan fingerprint density at radius 1 is 0.426 bits per heavy atom. The number of nitrogens with zero attached hydrogens (tertiary/aromatic N) is 1. The molecule has 0 fully saturated rings. The summed E-state index contributed by atoms with van der Waals surface area (Å²) in [6.07, 6.45) is 0. The fourth-order valence-corrected chi connectivity index (χ4v) is 8.16. The van der Waals surface area contributed by atoms with E-state index in [0.717, 1.165) is 33.9 Å². The number of para-hydroxylation sites is 2. The number of fused-ring (bicyclic) bond motifs is 12. The molecule has 2 nitrogen and oxygen atoms in total. The molecule has 2 aliphatic rings. The highest BCUT2D eigenvalue weighted by Crippen LogP contribution is 2.64. The fourth-order valence-electron chi connectivity index (χ4n) is 8.16. The van der Waals surface area contributed by atoms with Crippen LogP contribution in [0.15, 0.2) is 176 Å². The van der Waals surface area contributed by atoms with Crippen molar-refractivity contribution < 1.29 is 4.74 Å². The Labute approximate surface area is 273 Å². The first kappa shape index (κ1) is 26.1. The van der Waals surface area contributed by atoms with Gasteiger partial charge in [0.05, 0.1) is 11.1 Å². The zero-order chi connectivity index (χ0) is 31.0. The van der Waals surface area contributed by atoms with Gasteiger partial charge in [0.25, 0.3) is 0 Å². The van der Waals surface area contributed by atoms with E-state index in [1.807, 2.05) is 0 Å². The molecule has 0 aromatic heterocycles. The van der Waals surface area contributed by atoms with E-state index in [4.69, 9.17) is 4.74 Å². The number of anilines is 3. The largest absolute Gasteiger partial charge is 0.456 e. The summed E-state index contributed by atoms with van der Waals surface area (Å²) in [6.45, 7) is 0. The van der Waals surface area contributed by atoms with Crippen molar-refractivity contribution in [2.75, 3.05) is 4.90 Å². The van der Waals surface area contributed by atoms with E-state index < -0.39 is 5.41 Å². The van der Waals surface area contributed by atoms with E-state index in [-0.39, 0.29) is 0 Å². The second-order valence-electron chi connectivity index (χ2n) is 12.5. The second kappa shape index (κ2) is 9.94. The third-order valence-electron chi connectivity index (χ3n) is 10.1. The van der Waals surface area contributed by atoms with Crippen molar-refractivity contribution in [3.8, 4) is 22.6 Å². The predicted octanol–water partition coefficient (Wildman–Crippen LogP) is 11.9. The summed E-state index contributed by atoms with van der Waals surface area (Å²) in [6, 6.07) is 63.7. The summed E-state index contributed by atoms with van der Waals surface area (Å²) < 4.78 is 6.85. The van der Waals surface area contributed by atoms with Gasteiger partial charge in [-0.05, 0) is 69.2 Å². The molecule has 10 rings (SSSR count). The molecule has 8 aromatic rings. The van der Waals surface area contributed by atoms with Gasteiger partial charge in [-0.15, -0.1) is 0 Å². The third-order valence-corrected chi connectivity index (χ3v) is 10.1. The molecule has 1 aliphatic heterocycles. The lowest BCUT2D eigenvalue weighted by atomic mass is 9.65. The van der Waals surface area contributed by atoms with Gasteiger partial charge in [-0.25, -0.2) is 0 Å². The lowest BCUT2D eigenvalue weighted by Gasteiger charge is -2.40. The van der Waals surface area contributed by atoms with Gasteiger partial charge in [-0.3, -0.25) is 0 Å². The van der Waals surface area contributed by atoms with Crippen molar-refractivity contribution in [2.24, 2.45) is 0 Å². The van der Waals surface area contributed by atoms with Crippen molar-refractivity contribution in [1.29, 1.82) is 0 Å². The van der Waals surface area contributed by atoms with Gasteiger partial charge in [0, 0.05) is 33.5 Å². The molecule has 1 aliphatic carbocycles. The van der Waals surface area contributed by atoms with Crippen LogP contribution in [-0.4, -0.2) is 0 Å². The Morgan fingerprint density at radius 3 is 2.00 bits per heavy atom. The maximum atomic E-state index is 6.85. The van der Waals surface area contributed by atoms with Crippen LogP contribution in [0.1, 0.15) is 22.3 Å². The third kappa shape index (κ3) is 3.61.